The lowest BCUT2D eigenvalue weighted by molar-refractivity contribution is -0.140. The minimum absolute atomic E-state index is 0.0397. The fraction of sp³-hybridized carbons (Fsp3) is 0.359. The van der Waals surface area contributed by atoms with Gasteiger partial charge in [-0.15, -0.1) is 6.58 Å². The predicted molar refractivity (Wildman–Crippen MR) is 198 cm³/mol. The van der Waals surface area contributed by atoms with Crippen molar-refractivity contribution >= 4 is 44.6 Å². The molecule has 4 N–H and O–H groups in total. The molecule has 5 rings (SSSR count). The molecule has 0 saturated carbocycles. The number of rotatable bonds is 18. The van der Waals surface area contributed by atoms with Gasteiger partial charge in [-0.25, -0.2) is 18.2 Å². The molecule has 3 amide bonds. The Balaban J connectivity index is 1.41. The van der Waals surface area contributed by atoms with Crippen LogP contribution in [0.1, 0.15) is 61.2 Å². The van der Waals surface area contributed by atoms with Gasteiger partial charge >= 0.3 is 6.09 Å². The Morgan fingerprint density at radius 2 is 1.62 bits per heavy atom. The van der Waals surface area contributed by atoms with Crippen molar-refractivity contribution in [3.05, 3.63) is 109 Å². The highest BCUT2D eigenvalue weighted by Crippen LogP contribution is 2.30. The fourth-order valence-corrected chi connectivity index (χ4v) is 8.01. The van der Waals surface area contributed by atoms with E-state index < -0.39 is 56.9 Å². The van der Waals surface area contributed by atoms with Crippen LogP contribution in [0.3, 0.4) is 0 Å². The minimum Gasteiger partial charge on any atom is -0.445 e. The molecule has 1 saturated heterocycles. The third kappa shape index (κ3) is 9.96. The van der Waals surface area contributed by atoms with Gasteiger partial charge < -0.3 is 30.4 Å². The summed E-state index contributed by atoms with van der Waals surface area (Å²) in [4.78, 5) is 60.9. The standard InChI is InChI=1S/C39H45N5O8S/c1-2-3-19-32(43-39(48)51-26-27-15-7-4-8-16-27)38(47)44-25-29(53(49,50)28-17-9-5-10-18-28)24-33(44)36(46)41-31(21-11-6-14-23-40)35(45)37-42-30-20-12-13-22-34(30)52-37/h2,4-5,7-10,12-13,15-18,20,22,29,31-33H,1,3,6,11,14,19,21,23-26,40H2,(H,41,46)(H,43,48)/t29-,31?,32?,33+/m1/s1. The van der Waals surface area contributed by atoms with Gasteiger partial charge in [0, 0.05) is 6.54 Å². The molecule has 4 atom stereocenters. The Kier molecular flexibility index (Phi) is 13.5. The molecule has 13 nitrogen and oxygen atoms in total. The Morgan fingerprint density at radius 3 is 2.32 bits per heavy atom. The topological polar surface area (TPSA) is 191 Å². The molecule has 14 heteroatoms. The number of amides is 3. The fourth-order valence-electron chi connectivity index (χ4n) is 6.30. The molecular formula is C39H45N5O8S. The first-order valence-electron chi connectivity index (χ1n) is 17.7. The number of benzene rings is 3. The molecule has 0 bridgehead atoms. The quantitative estimate of drug-likeness (QED) is 0.0730. The van der Waals surface area contributed by atoms with E-state index in [0.717, 1.165) is 5.56 Å². The number of hydrogen-bond donors (Lipinski definition) is 3. The highest BCUT2D eigenvalue weighted by molar-refractivity contribution is 7.92. The first-order chi connectivity index (χ1) is 25.6. The number of allylic oxidation sites excluding steroid dienone is 1. The number of hydrogen-bond acceptors (Lipinski definition) is 10. The smallest absolute Gasteiger partial charge is 0.408 e. The molecule has 2 heterocycles. The second kappa shape index (κ2) is 18.4. The molecule has 0 spiro atoms. The van der Waals surface area contributed by atoms with Gasteiger partial charge in [0.1, 0.15) is 24.2 Å². The number of ether oxygens (including phenoxy) is 1. The maximum atomic E-state index is 14.3. The molecule has 0 aliphatic carbocycles. The summed E-state index contributed by atoms with van der Waals surface area (Å²) in [6.45, 7) is 3.83. The van der Waals surface area contributed by atoms with E-state index in [2.05, 4.69) is 22.2 Å². The molecule has 2 unspecified atom stereocenters. The summed E-state index contributed by atoms with van der Waals surface area (Å²) < 4.78 is 38.8. The number of ketones is 1. The van der Waals surface area contributed by atoms with Crippen molar-refractivity contribution in [2.45, 2.75) is 79.8 Å². The van der Waals surface area contributed by atoms with Gasteiger partial charge in [-0.3, -0.25) is 14.4 Å². The van der Waals surface area contributed by atoms with Crippen LogP contribution in [0.5, 0.6) is 0 Å². The van der Waals surface area contributed by atoms with E-state index in [9.17, 15) is 27.6 Å². The zero-order chi connectivity index (χ0) is 37.8. The molecule has 280 valence electrons. The van der Waals surface area contributed by atoms with Gasteiger partial charge in [-0.2, -0.15) is 0 Å². The van der Waals surface area contributed by atoms with E-state index in [1.54, 1.807) is 72.8 Å². The van der Waals surface area contributed by atoms with Crippen LogP contribution in [0.25, 0.3) is 11.1 Å². The monoisotopic (exact) mass is 743 g/mol. The summed E-state index contributed by atoms with van der Waals surface area (Å²) in [7, 11) is -4.01. The molecule has 1 aromatic heterocycles. The van der Waals surface area contributed by atoms with Crippen LogP contribution in [0.2, 0.25) is 0 Å². The van der Waals surface area contributed by atoms with Crippen molar-refractivity contribution < 1.29 is 36.7 Å². The highest BCUT2D eigenvalue weighted by Gasteiger charge is 2.47. The molecule has 3 aromatic carbocycles. The van der Waals surface area contributed by atoms with E-state index in [1.165, 1.54) is 17.0 Å². The van der Waals surface area contributed by atoms with Gasteiger partial charge in [0.05, 0.1) is 16.2 Å². The van der Waals surface area contributed by atoms with E-state index in [4.69, 9.17) is 14.9 Å². The number of aromatic nitrogens is 1. The number of oxazole rings is 1. The summed E-state index contributed by atoms with van der Waals surface area (Å²) in [6, 6.07) is 20.2. The minimum atomic E-state index is -4.01. The lowest BCUT2D eigenvalue weighted by Crippen LogP contribution is -2.55. The molecule has 0 radical (unpaired) electrons. The van der Waals surface area contributed by atoms with Crippen molar-refractivity contribution in [3.8, 4) is 0 Å². The van der Waals surface area contributed by atoms with Gasteiger partial charge in [0.25, 0.3) is 5.89 Å². The normalized spacial score (nSPS) is 16.8. The Morgan fingerprint density at radius 1 is 0.925 bits per heavy atom. The molecule has 1 aliphatic rings. The second-order valence-corrected chi connectivity index (χ2v) is 15.1. The molecule has 4 aromatic rings. The number of unbranched alkanes of at least 4 members (excludes halogenated alkanes) is 2. The number of Topliss-reactive ketones (excluding diaryl/α,β-unsaturated/α-hetero) is 1. The second-order valence-electron chi connectivity index (χ2n) is 12.9. The summed E-state index contributed by atoms with van der Waals surface area (Å²) in [5.74, 6) is -2.12. The Labute approximate surface area is 308 Å². The summed E-state index contributed by atoms with van der Waals surface area (Å²) >= 11 is 0. The van der Waals surface area contributed by atoms with Crippen molar-refractivity contribution in [2.24, 2.45) is 5.73 Å². The summed E-state index contributed by atoms with van der Waals surface area (Å²) in [6.07, 6.45) is 3.13. The first-order valence-corrected chi connectivity index (χ1v) is 19.2. The van der Waals surface area contributed by atoms with Crippen molar-refractivity contribution in [2.75, 3.05) is 13.1 Å². The maximum absolute atomic E-state index is 14.3. The number of sulfone groups is 1. The summed E-state index contributed by atoms with van der Waals surface area (Å²) in [5.41, 5.74) is 7.31. The number of carbonyl (C=O) groups is 4. The molecule has 53 heavy (non-hydrogen) atoms. The summed E-state index contributed by atoms with van der Waals surface area (Å²) in [5, 5.41) is 4.26. The van der Waals surface area contributed by atoms with Crippen LogP contribution in [-0.2, 0) is 30.8 Å². The van der Waals surface area contributed by atoms with Crippen LogP contribution in [0, 0.1) is 0 Å². The number of alkyl carbamates (subject to hydrolysis) is 1. The van der Waals surface area contributed by atoms with Gasteiger partial charge in [-0.1, -0.05) is 79.6 Å². The number of fused-ring (bicyclic) bond motifs is 1. The predicted octanol–water partition coefficient (Wildman–Crippen LogP) is 4.72. The number of carbonyl (C=O) groups excluding carboxylic acids is 4. The van der Waals surface area contributed by atoms with E-state index >= 15 is 0 Å². The SMILES string of the molecule is C=CCCC(NC(=O)OCc1ccccc1)C(=O)N1C[C@H](S(=O)(=O)c2ccccc2)C[C@H]1C(=O)NC(CCCCCN)C(=O)c1nc2ccccc2o1. The van der Waals surface area contributed by atoms with E-state index in [0.29, 0.717) is 43.3 Å². The molecular weight excluding hydrogens is 699 g/mol. The van der Waals surface area contributed by atoms with Crippen LogP contribution in [0.15, 0.2) is 107 Å². The first kappa shape index (κ1) is 38.9. The Bertz CT molecular complexity index is 1950. The number of nitrogens with one attached hydrogen (secondary N) is 2. The third-order valence-corrected chi connectivity index (χ3v) is 11.3. The zero-order valence-electron chi connectivity index (χ0n) is 29.4. The van der Waals surface area contributed by atoms with Crippen molar-refractivity contribution in [1.29, 1.82) is 0 Å². The number of nitrogens with zero attached hydrogens (tertiary/aromatic N) is 2. The molecule has 1 aliphatic heterocycles. The lowest BCUT2D eigenvalue weighted by Gasteiger charge is -2.29. The number of para-hydroxylation sites is 2. The lowest BCUT2D eigenvalue weighted by atomic mass is 10.0. The van der Waals surface area contributed by atoms with Gasteiger partial charge in [0.15, 0.2) is 15.4 Å². The number of likely N-dealkylation sites (tertiary alicyclic amines) is 1. The Hall–Kier alpha value is -5.34. The van der Waals surface area contributed by atoms with E-state index in [1.807, 2.05) is 6.07 Å². The van der Waals surface area contributed by atoms with Gasteiger partial charge in [-0.05, 0) is 68.5 Å². The van der Waals surface area contributed by atoms with Crippen LogP contribution in [0.4, 0.5) is 4.79 Å². The third-order valence-electron chi connectivity index (χ3n) is 9.16. The number of nitrogens with two attached hydrogens (primary N) is 1. The van der Waals surface area contributed by atoms with Crippen LogP contribution < -0.4 is 16.4 Å². The van der Waals surface area contributed by atoms with Crippen molar-refractivity contribution in [3.63, 3.8) is 0 Å². The zero-order valence-corrected chi connectivity index (χ0v) is 30.2. The average Bonchev–Trinajstić information content (AvgIpc) is 3.83. The maximum Gasteiger partial charge on any atom is 0.408 e. The van der Waals surface area contributed by atoms with Crippen LogP contribution in [-0.4, -0.2) is 78.5 Å². The van der Waals surface area contributed by atoms with Crippen LogP contribution >= 0.6 is 0 Å². The molecule has 1 fully saturated rings. The van der Waals surface area contributed by atoms with E-state index in [-0.39, 0.29) is 43.2 Å². The largest absolute Gasteiger partial charge is 0.445 e. The highest BCUT2D eigenvalue weighted by atomic mass is 32.2. The van der Waals surface area contributed by atoms with Gasteiger partial charge in [0.2, 0.25) is 17.6 Å². The van der Waals surface area contributed by atoms with Crippen molar-refractivity contribution in [1.82, 2.24) is 20.5 Å². The average molecular weight is 744 g/mol.